The van der Waals surface area contributed by atoms with Crippen LogP contribution in [-0.4, -0.2) is 21.1 Å². The van der Waals surface area contributed by atoms with Crippen LogP contribution in [0.15, 0.2) is 95.5 Å². The van der Waals surface area contributed by atoms with Gasteiger partial charge in [0.1, 0.15) is 5.01 Å². The molecule has 1 N–H and O–H groups in total. The van der Waals surface area contributed by atoms with Crippen LogP contribution in [0.2, 0.25) is 0 Å². The molecule has 0 atom stereocenters. The Hall–Kier alpha value is -4.10. The number of oxazole rings is 1. The fourth-order valence-electron chi connectivity index (χ4n) is 3.14. The number of hydrogen-bond acceptors (Lipinski definition) is 6. The van der Waals surface area contributed by atoms with Crippen molar-refractivity contribution in [2.24, 2.45) is 0 Å². The molecule has 2 aromatic heterocycles. The minimum Gasteiger partial charge on any atom is -0.436 e. The van der Waals surface area contributed by atoms with Crippen LogP contribution in [0.4, 0.5) is 5.13 Å². The summed E-state index contributed by atoms with van der Waals surface area (Å²) in [6, 6.07) is 26.6. The maximum Gasteiger partial charge on any atom is 0.258 e. The average molecular weight is 424 g/mol. The second kappa shape index (κ2) is 8.33. The zero-order valence-electron chi connectivity index (χ0n) is 16.2. The summed E-state index contributed by atoms with van der Waals surface area (Å²) in [5.41, 5.74) is 2.93. The summed E-state index contributed by atoms with van der Waals surface area (Å²) < 4.78 is 5.94. The number of carbonyl (C=O) groups is 1. The Kier molecular flexibility index (Phi) is 5.08. The minimum atomic E-state index is -0.300. The van der Waals surface area contributed by atoms with Crippen molar-refractivity contribution >= 4 is 22.4 Å². The molecule has 0 unspecified atom stereocenters. The van der Waals surface area contributed by atoms with E-state index < -0.39 is 0 Å². The van der Waals surface area contributed by atoms with Crippen LogP contribution in [0.5, 0.6) is 0 Å². The largest absolute Gasteiger partial charge is 0.436 e. The highest BCUT2D eigenvalue weighted by Crippen LogP contribution is 2.30. The second-order valence-electron chi connectivity index (χ2n) is 6.67. The predicted molar refractivity (Wildman–Crippen MR) is 121 cm³/mol. The molecular formula is C24H16N4O2S. The van der Waals surface area contributed by atoms with E-state index in [2.05, 4.69) is 20.5 Å². The molecule has 0 aliphatic carbocycles. The minimum absolute atomic E-state index is 0.300. The topological polar surface area (TPSA) is 80.9 Å². The number of nitrogens with one attached hydrogen (secondary N) is 1. The van der Waals surface area contributed by atoms with Crippen LogP contribution in [-0.2, 0) is 0 Å². The lowest BCUT2D eigenvalue weighted by atomic mass is 10.1. The van der Waals surface area contributed by atoms with Gasteiger partial charge in [-0.3, -0.25) is 10.1 Å². The summed E-state index contributed by atoms with van der Waals surface area (Å²) in [6.45, 7) is 0. The quantitative estimate of drug-likeness (QED) is 0.387. The maximum absolute atomic E-state index is 13.0. The number of carbonyl (C=O) groups excluding carboxylic acids is 1. The van der Waals surface area contributed by atoms with Gasteiger partial charge in [-0.25, -0.2) is 4.98 Å². The molecule has 0 bridgehead atoms. The van der Waals surface area contributed by atoms with Crippen molar-refractivity contribution in [1.29, 1.82) is 0 Å². The van der Waals surface area contributed by atoms with Crippen LogP contribution < -0.4 is 5.32 Å². The fourth-order valence-corrected chi connectivity index (χ4v) is 3.88. The number of rotatable bonds is 5. The standard InChI is InChI=1S/C24H16N4O2S/c29-21(26-24-28-27-23(31-24)17-11-5-2-6-12-17)18-13-7-8-14-19(18)22-25-15-20(30-22)16-9-3-1-4-10-16/h1-15H,(H,26,28,29). The first-order chi connectivity index (χ1) is 15.3. The summed E-state index contributed by atoms with van der Waals surface area (Å²) in [5.74, 6) is 0.722. The Bertz CT molecular complexity index is 1330. The molecule has 7 heteroatoms. The van der Waals surface area contributed by atoms with Gasteiger partial charge in [0.25, 0.3) is 5.91 Å². The van der Waals surface area contributed by atoms with Crippen molar-refractivity contribution in [3.63, 3.8) is 0 Å². The van der Waals surface area contributed by atoms with Gasteiger partial charge in [-0.15, -0.1) is 10.2 Å². The molecule has 0 aliphatic heterocycles. The SMILES string of the molecule is O=C(Nc1nnc(-c2ccccc2)s1)c1ccccc1-c1ncc(-c2ccccc2)o1. The van der Waals surface area contributed by atoms with Gasteiger partial charge >= 0.3 is 0 Å². The summed E-state index contributed by atoms with van der Waals surface area (Å²) in [4.78, 5) is 17.4. The molecule has 0 spiro atoms. The monoisotopic (exact) mass is 424 g/mol. The van der Waals surface area contributed by atoms with Crippen LogP contribution in [0.3, 0.4) is 0 Å². The Balaban J connectivity index is 1.40. The molecule has 0 saturated heterocycles. The summed E-state index contributed by atoms with van der Waals surface area (Å²) in [7, 11) is 0. The van der Waals surface area contributed by atoms with Crippen molar-refractivity contribution in [3.8, 4) is 33.3 Å². The number of amides is 1. The third kappa shape index (κ3) is 3.99. The molecule has 0 fully saturated rings. The van der Waals surface area contributed by atoms with E-state index in [9.17, 15) is 4.79 Å². The molecule has 31 heavy (non-hydrogen) atoms. The van der Waals surface area contributed by atoms with E-state index in [-0.39, 0.29) is 5.91 Å². The van der Waals surface area contributed by atoms with E-state index in [1.165, 1.54) is 11.3 Å². The number of aromatic nitrogens is 3. The van der Waals surface area contributed by atoms with E-state index in [1.54, 1.807) is 18.3 Å². The number of nitrogens with zero attached hydrogens (tertiary/aromatic N) is 3. The van der Waals surface area contributed by atoms with E-state index in [1.807, 2.05) is 72.8 Å². The predicted octanol–water partition coefficient (Wildman–Crippen LogP) is 5.78. The van der Waals surface area contributed by atoms with Crippen LogP contribution in [0.1, 0.15) is 10.4 Å². The van der Waals surface area contributed by atoms with Crippen molar-refractivity contribution in [1.82, 2.24) is 15.2 Å². The summed E-state index contributed by atoms with van der Waals surface area (Å²) in [5, 5.41) is 12.3. The Morgan fingerprint density at radius 1 is 0.806 bits per heavy atom. The van der Waals surface area contributed by atoms with Gasteiger partial charge in [-0.05, 0) is 12.1 Å². The molecule has 3 aromatic carbocycles. The molecule has 0 aliphatic rings. The Morgan fingerprint density at radius 3 is 2.26 bits per heavy atom. The lowest BCUT2D eigenvalue weighted by molar-refractivity contribution is 0.102. The van der Waals surface area contributed by atoms with Crippen LogP contribution >= 0.6 is 11.3 Å². The highest BCUT2D eigenvalue weighted by molar-refractivity contribution is 7.18. The first kappa shape index (κ1) is 18.9. The summed E-state index contributed by atoms with van der Waals surface area (Å²) in [6.07, 6.45) is 1.66. The van der Waals surface area contributed by atoms with Gasteiger partial charge in [-0.1, -0.05) is 84.1 Å². The van der Waals surface area contributed by atoms with E-state index in [0.29, 0.717) is 27.9 Å². The highest BCUT2D eigenvalue weighted by atomic mass is 32.1. The van der Waals surface area contributed by atoms with Crippen molar-refractivity contribution in [3.05, 3.63) is 96.7 Å². The lowest BCUT2D eigenvalue weighted by Crippen LogP contribution is -2.13. The molecule has 2 heterocycles. The van der Waals surface area contributed by atoms with Crippen LogP contribution in [0, 0.1) is 0 Å². The molecule has 6 nitrogen and oxygen atoms in total. The normalized spacial score (nSPS) is 10.7. The van der Waals surface area contributed by atoms with Crippen molar-refractivity contribution in [2.75, 3.05) is 5.32 Å². The molecule has 1 amide bonds. The first-order valence-corrected chi connectivity index (χ1v) is 10.4. The van der Waals surface area contributed by atoms with E-state index in [4.69, 9.17) is 4.42 Å². The molecule has 5 aromatic rings. The van der Waals surface area contributed by atoms with E-state index in [0.717, 1.165) is 16.1 Å². The van der Waals surface area contributed by atoms with Gasteiger partial charge in [0.05, 0.1) is 11.8 Å². The van der Waals surface area contributed by atoms with Crippen LogP contribution in [0.25, 0.3) is 33.3 Å². The molecule has 0 saturated carbocycles. The molecular weight excluding hydrogens is 408 g/mol. The first-order valence-electron chi connectivity index (χ1n) is 9.59. The maximum atomic E-state index is 13.0. The lowest BCUT2D eigenvalue weighted by Gasteiger charge is -2.06. The number of hydrogen-bond donors (Lipinski definition) is 1. The van der Waals surface area contributed by atoms with E-state index >= 15 is 0 Å². The Morgan fingerprint density at radius 2 is 1.48 bits per heavy atom. The van der Waals surface area contributed by atoms with Gasteiger partial charge in [0, 0.05) is 16.7 Å². The summed E-state index contributed by atoms with van der Waals surface area (Å²) >= 11 is 1.32. The van der Waals surface area contributed by atoms with Gasteiger partial charge < -0.3 is 4.42 Å². The third-order valence-corrected chi connectivity index (χ3v) is 5.52. The number of benzene rings is 3. The zero-order valence-corrected chi connectivity index (χ0v) is 17.0. The smallest absolute Gasteiger partial charge is 0.258 e. The average Bonchev–Trinajstić information content (AvgIpc) is 3.50. The van der Waals surface area contributed by atoms with Gasteiger partial charge in [0.2, 0.25) is 11.0 Å². The fraction of sp³-hybridized carbons (Fsp3) is 0. The molecule has 0 radical (unpaired) electrons. The van der Waals surface area contributed by atoms with Gasteiger partial charge in [-0.2, -0.15) is 0 Å². The molecule has 150 valence electrons. The Labute approximate surface area is 182 Å². The number of anilines is 1. The third-order valence-electron chi connectivity index (χ3n) is 4.63. The van der Waals surface area contributed by atoms with Crippen molar-refractivity contribution in [2.45, 2.75) is 0 Å². The molecule has 5 rings (SSSR count). The van der Waals surface area contributed by atoms with Gasteiger partial charge in [0.15, 0.2) is 5.76 Å². The zero-order chi connectivity index (χ0) is 21.0. The highest BCUT2D eigenvalue weighted by Gasteiger charge is 2.18. The van der Waals surface area contributed by atoms with Crippen molar-refractivity contribution < 1.29 is 9.21 Å². The second-order valence-corrected chi connectivity index (χ2v) is 7.65.